The number of likely N-dealkylation sites (N-methyl/N-ethyl adjacent to an activating group) is 2. The van der Waals surface area contributed by atoms with Crippen molar-refractivity contribution < 1.29 is 9.68 Å². The molecule has 0 aromatic heterocycles. The van der Waals surface area contributed by atoms with Crippen molar-refractivity contribution in [1.29, 1.82) is 0 Å². The first kappa shape index (κ1) is 19.4. The van der Waals surface area contributed by atoms with E-state index >= 15 is 0 Å². The molecule has 2 aliphatic rings. The standard InChI is InChI=1S/C9H16N2O.C8H14N2O/c1-3-11-6-4-5-9(8-11)7-10-12-2;1-10-5-3-8(4-6-10)7-9-11-2/h5,7H,3-4,6,8H2,1-2H3;3,7H,4-6H2,1-2H3/b10-7+;9-7+. The minimum absolute atomic E-state index is 1.00. The minimum atomic E-state index is 1.00. The quantitative estimate of drug-likeness (QED) is 0.575. The van der Waals surface area contributed by atoms with Crippen LogP contribution in [0, 0.1) is 0 Å². The molecule has 23 heavy (non-hydrogen) atoms. The summed E-state index contributed by atoms with van der Waals surface area (Å²) in [5.41, 5.74) is 2.52. The monoisotopic (exact) mass is 322 g/mol. The van der Waals surface area contributed by atoms with Crippen molar-refractivity contribution >= 4 is 12.4 Å². The predicted octanol–water partition coefficient (Wildman–Crippen LogP) is 2.15. The molecular weight excluding hydrogens is 292 g/mol. The lowest BCUT2D eigenvalue weighted by Crippen LogP contribution is -2.29. The van der Waals surface area contributed by atoms with E-state index in [2.05, 4.69) is 55.9 Å². The van der Waals surface area contributed by atoms with Crippen LogP contribution in [-0.4, -0.2) is 76.2 Å². The summed E-state index contributed by atoms with van der Waals surface area (Å²) < 4.78 is 0. The lowest BCUT2D eigenvalue weighted by Gasteiger charge is -2.23. The molecule has 2 rings (SSSR count). The average Bonchev–Trinajstić information content (AvgIpc) is 2.60. The third-order valence-corrected chi connectivity index (χ3v) is 3.80. The predicted molar refractivity (Wildman–Crippen MR) is 96.0 cm³/mol. The Kier molecular flexibility index (Phi) is 9.99. The minimum Gasteiger partial charge on any atom is -0.399 e. The van der Waals surface area contributed by atoms with Gasteiger partial charge in [0.25, 0.3) is 0 Å². The summed E-state index contributed by atoms with van der Waals surface area (Å²) in [5.74, 6) is 0. The van der Waals surface area contributed by atoms with Gasteiger partial charge in [-0.15, -0.1) is 0 Å². The van der Waals surface area contributed by atoms with Gasteiger partial charge in [0.05, 0.1) is 12.4 Å². The van der Waals surface area contributed by atoms with Crippen molar-refractivity contribution in [3.63, 3.8) is 0 Å². The largest absolute Gasteiger partial charge is 0.399 e. The van der Waals surface area contributed by atoms with E-state index in [1.807, 2.05) is 0 Å². The van der Waals surface area contributed by atoms with E-state index in [9.17, 15) is 0 Å². The second-order valence-corrected chi connectivity index (χ2v) is 5.56. The first-order valence-electron chi connectivity index (χ1n) is 8.11. The Labute approximate surface area is 140 Å². The Bertz CT molecular complexity index is 444. The van der Waals surface area contributed by atoms with Crippen LogP contribution in [-0.2, 0) is 9.68 Å². The van der Waals surface area contributed by atoms with E-state index in [4.69, 9.17) is 0 Å². The number of oxime groups is 2. The lowest BCUT2D eigenvalue weighted by atomic mass is 10.1. The molecule has 6 heteroatoms. The number of nitrogens with zero attached hydrogens (tertiary/aromatic N) is 4. The molecule has 2 heterocycles. The van der Waals surface area contributed by atoms with Gasteiger partial charge in [-0.1, -0.05) is 29.4 Å². The number of hydrogen-bond donors (Lipinski definition) is 0. The van der Waals surface area contributed by atoms with Gasteiger partial charge >= 0.3 is 0 Å². The Morgan fingerprint density at radius 3 is 2.35 bits per heavy atom. The first-order valence-corrected chi connectivity index (χ1v) is 8.11. The van der Waals surface area contributed by atoms with Crippen LogP contribution in [0.1, 0.15) is 19.8 Å². The summed E-state index contributed by atoms with van der Waals surface area (Å²) in [6.45, 7) is 7.59. The lowest BCUT2D eigenvalue weighted by molar-refractivity contribution is 0.215. The van der Waals surface area contributed by atoms with Crippen molar-refractivity contribution in [2.45, 2.75) is 19.8 Å². The van der Waals surface area contributed by atoms with E-state index in [0.717, 1.165) is 39.0 Å². The van der Waals surface area contributed by atoms with Gasteiger partial charge in [-0.2, -0.15) is 0 Å². The van der Waals surface area contributed by atoms with Crippen LogP contribution in [0.3, 0.4) is 0 Å². The molecule has 0 aliphatic carbocycles. The maximum absolute atomic E-state index is 4.62. The maximum atomic E-state index is 4.62. The van der Waals surface area contributed by atoms with Crippen LogP contribution in [0.15, 0.2) is 33.6 Å². The highest BCUT2D eigenvalue weighted by Gasteiger charge is 2.08. The Balaban J connectivity index is 0.000000231. The molecule has 0 bridgehead atoms. The Morgan fingerprint density at radius 1 is 1.09 bits per heavy atom. The van der Waals surface area contributed by atoms with E-state index in [1.165, 1.54) is 17.7 Å². The summed E-state index contributed by atoms with van der Waals surface area (Å²) >= 11 is 0. The number of rotatable bonds is 5. The molecule has 0 saturated carbocycles. The van der Waals surface area contributed by atoms with Crippen LogP contribution in [0.25, 0.3) is 0 Å². The molecule has 0 unspecified atom stereocenters. The topological polar surface area (TPSA) is 49.7 Å². The van der Waals surface area contributed by atoms with Crippen LogP contribution < -0.4 is 0 Å². The number of hydrogen-bond acceptors (Lipinski definition) is 6. The smallest absolute Gasteiger partial charge is 0.106 e. The van der Waals surface area contributed by atoms with Gasteiger partial charge in [0.1, 0.15) is 14.2 Å². The zero-order valence-corrected chi connectivity index (χ0v) is 14.9. The third kappa shape index (κ3) is 8.52. The molecule has 130 valence electrons. The van der Waals surface area contributed by atoms with Crippen molar-refractivity contribution in [1.82, 2.24) is 9.80 Å². The zero-order chi connectivity index (χ0) is 16.9. The van der Waals surface area contributed by atoms with Gasteiger partial charge in [0, 0.05) is 26.2 Å². The summed E-state index contributed by atoms with van der Waals surface area (Å²) in [6.07, 6.45) is 10.2. The van der Waals surface area contributed by atoms with Crippen molar-refractivity contribution in [3.8, 4) is 0 Å². The molecule has 0 fully saturated rings. The van der Waals surface area contributed by atoms with Crippen molar-refractivity contribution in [3.05, 3.63) is 23.3 Å². The van der Waals surface area contributed by atoms with Crippen molar-refractivity contribution in [2.75, 3.05) is 54.0 Å². The van der Waals surface area contributed by atoms with Gasteiger partial charge in [-0.05, 0) is 37.6 Å². The van der Waals surface area contributed by atoms with Crippen LogP contribution >= 0.6 is 0 Å². The van der Waals surface area contributed by atoms with Gasteiger partial charge < -0.3 is 14.6 Å². The molecule has 0 saturated heterocycles. The van der Waals surface area contributed by atoms with Gasteiger partial charge in [0.2, 0.25) is 0 Å². The van der Waals surface area contributed by atoms with Gasteiger partial charge in [-0.25, -0.2) is 0 Å². The van der Waals surface area contributed by atoms with Gasteiger partial charge in [-0.3, -0.25) is 4.90 Å². The summed E-state index contributed by atoms with van der Waals surface area (Å²) in [4.78, 5) is 13.9. The first-order chi connectivity index (χ1) is 11.2. The zero-order valence-electron chi connectivity index (χ0n) is 14.9. The molecule has 0 aromatic carbocycles. The van der Waals surface area contributed by atoms with Crippen LogP contribution in [0.4, 0.5) is 0 Å². The van der Waals surface area contributed by atoms with E-state index in [0.29, 0.717) is 0 Å². The Hall–Kier alpha value is -1.66. The van der Waals surface area contributed by atoms with Crippen molar-refractivity contribution in [2.24, 2.45) is 10.3 Å². The molecule has 6 nitrogen and oxygen atoms in total. The summed E-state index contributed by atoms with van der Waals surface area (Å²) in [5, 5.41) is 7.45. The van der Waals surface area contributed by atoms with E-state index in [1.54, 1.807) is 26.6 Å². The second kappa shape index (κ2) is 11.8. The molecule has 2 aliphatic heterocycles. The molecule has 0 N–H and O–H groups in total. The average molecular weight is 322 g/mol. The Morgan fingerprint density at radius 2 is 1.78 bits per heavy atom. The summed E-state index contributed by atoms with van der Waals surface area (Å²) in [7, 11) is 5.24. The summed E-state index contributed by atoms with van der Waals surface area (Å²) in [6, 6.07) is 0. The fourth-order valence-electron chi connectivity index (χ4n) is 2.34. The third-order valence-electron chi connectivity index (χ3n) is 3.80. The molecular formula is C17H30N4O2. The maximum Gasteiger partial charge on any atom is 0.106 e. The van der Waals surface area contributed by atoms with E-state index < -0.39 is 0 Å². The highest BCUT2D eigenvalue weighted by molar-refractivity contribution is 5.79. The highest BCUT2D eigenvalue weighted by Crippen LogP contribution is 2.07. The normalized spacial score (nSPS) is 20.0. The molecule has 0 atom stereocenters. The van der Waals surface area contributed by atoms with E-state index in [-0.39, 0.29) is 0 Å². The van der Waals surface area contributed by atoms with Crippen LogP contribution in [0.2, 0.25) is 0 Å². The molecule has 0 spiro atoms. The highest BCUT2D eigenvalue weighted by atomic mass is 16.6. The fraction of sp³-hybridized carbons (Fsp3) is 0.647. The van der Waals surface area contributed by atoms with Gasteiger partial charge in [0.15, 0.2) is 0 Å². The molecule has 0 aromatic rings. The molecule has 0 radical (unpaired) electrons. The fourth-order valence-corrected chi connectivity index (χ4v) is 2.34. The van der Waals surface area contributed by atoms with Crippen LogP contribution in [0.5, 0.6) is 0 Å². The molecule has 0 amide bonds. The SMILES string of the molecule is CCN1CCC=C(/C=N/OC)C1.CO/N=C/C1=CCN(C)CC1. The second-order valence-electron chi connectivity index (χ2n) is 5.56.